The minimum atomic E-state index is -4.01. The molecule has 3 heterocycles. The Morgan fingerprint density at radius 2 is 1.61 bits per heavy atom. The van der Waals surface area contributed by atoms with Crippen LogP contribution in [0.5, 0.6) is 0 Å². The quantitative estimate of drug-likeness (QED) is 0.348. The van der Waals surface area contributed by atoms with Crippen LogP contribution in [-0.4, -0.2) is 18.0 Å². The Balaban J connectivity index is 1.93. The van der Waals surface area contributed by atoms with Gasteiger partial charge in [0.2, 0.25) is 0 Å². The van der Waals surface area contributed by atoms with Crippen LogP contribution in [0.4, 0.5) is 11.5 Å². The van der Waals surface area contributed by atoms with Crippen LogP contribution < -0.4 is 9.73 Å². The minimum absolute atomic E-state index is 0.185. The Morgan fingerprint density at radius 1 is 0.909 bits per heavy atom. The Bertz CT molecular complexity index is 1600. The van der Waals surface area contributed by atoms with Gasteiger partial charge in [0.1, 0.15) is 10.0 Å². The number of nitrogens with zero attached hydrogens (tertiary/aromatic N) is 3. The zero-order valence-corrected chi connectivity index (χ0v) is 19.3. The summed E-state index contributed by atoms with van der Waals surface area (Å²) in [6.45, 7) is 1.84. The van der Waals surface area contributed by atoms with Crippen molar-refractivity contribution < 1.29 is 8.42 Å². The van der Waals surface area contributed by atoms with Gasteiger partial charge in [-0.1, -0.05) is 42.5 Å². The number of pyridine rings is 2. The van der Waals surface area contributed by atoms with Crippen LogP contribution in [0.15, 0.2) is 106 Å². The van der Waals surface area contributed by atoms with E-state index in [9.17, 15) is 13.2 Å². The number of aromatic nitrogens is 2. The zero-order chi connectivity index (χ0) is 23.0. The second kappa shape index (κ2) is 8.31. The van der Waals surface area contributed by atoms with Gasteiger partial charge in [0.05, 0.1) is 16.6 Å². The molecule has 0 unspecified atom stereocenters. The van der Waals surface area contributed by atoms with E-state index in [0.29, 0.717) is 16.6 Å². The summed E-state index contributed by atoms with van der Waals surface area (Å²) >= 11 is 1.13. The van der Waals surface area contributed by atoms with E-state index in [2.05, 4.69) is 4.98 Å². The third-order valence-electron chi connectivity index (χ3n) is 5.22. The number of fused-ring (bicyclic) bond motifs is 1. The maximum Gasteiger partial charge on any atom is 0.279 e. The fraction of sp³-hybridized carbons (Fsp3) is 0.0400. The maximum atomic E-state index is 13.9. The number of anilines is 2. The lowest BCUT2D eigenvalue weighted by Crippen LogP contribution is -2.30. The van der Waals surface area contributed by atoms with E-state index in [1.807, 2.05) is 43.3 Å². The largest absolute Gasteiger partial charge is 0.295 e. The first kappa shape index (κ1) is 21.1. The number of thiophene rings is 1. The molecule has 164 valence electrons. The highest BCUT2D eigenvalue weighted by Gasteiger charge is 2.31. The molecule has 33 heavy (non-hydrogen) atoms. The molecule has 0 bridgehead atoms. The van der Waals surface area contributed by atoms with Gasteiger partial charge in [-0.3, -0.25) is 14.3 Å². The van der Waals surface area contributed by atoms with Crippen LogP contribution in [0.2, 0.25) is 0 Å². The molecule has 3 aromatic heterocycles. The molecule has 0 radical (unpaired) electrons. The summed E-state index contributed by atoms with van der Waals surface area (Å²) < 4.78 is 31.0. The predicted octanol–water partition coefficient (Wildman–Crippen LogP) is 5.28. The monoisotopic (exact) mass is 473 g/mol. The molecule has 6 nitrogen and oxygen atoms in total. The van der Waals surface area contributed by atoms with Gasteiger partial charge < -0.3 is 0 Å². The van der Waals surface area contributed by atoms with E-state index in [0.717, 1.165) is 22.7 Å². The van der Waals surface area contributed by atoms with Crippen molar-refractivity contribution in [1.29, 1.82) is 0 Å². The Kier molecular flexibility index (Phi) is 5.32. The van der Waals surface area contributed by atoms with Gasteiger partial charge in [-0.2, -0.15) is 8.42 Å². The number of hydrogen-bond acceptors (Lipinski definition) is 5. The van der Waals surface area contributed by atoms with Crippen molar-refractivity contribution in [3.05, 3.63) is 112 Å². The summed E-state index contributed by atoms with van der Waals surface area (Å²) in [5.74, 6) is 0.226. The topological polar surface area (TPSA) is 72.3 Å². The van der Waals surface area contributed by atoms with E-state index in [1.54, 1.807) is 52.4 Å². The van der Waals surface area contributed by atoms with Crippen LogP contribution in [0, 0.1) is 6.92 Å². The van der Waals surface area contributed by atoms with Crippen LogP contribution in [0.3, 0.4) is 0 Å². The molecular weight excluding hydrogens is 454 g/mol. The summed E-state index contributed by atoms with van der Waals surface area (Å²) in [6, 6.07) is 24.6. The third kappa shape index (κ3) is 3.73. The van der Waals surface area contributed by atoms with Crippen molar-refractivity contribution in [2.24, 2.45) is 0 Å². The number of para-hydroxylation sites is 2. The maximum absolute atomic E-state index is 13.9. The van der Waals surface area contributed by atoms with Crippen LogP contribution in [-0.2, 0) is 10.0 Å². The first-order valence-electron chi connectivity index (χ1n) is 10.2. The summed E-state index contributed by atoms with van der Waals surface area (Å²) in [5, 5.41) is 2.13. The molecule has 0 saturated heterocycles. The lowest BCUT2D eigenvalue weighted by molar-refractivity contribution is 0.597. The molecule has 0 saturated carbocycles. The average molecular weight is 474 g/mol. The number of aryl methyl sites for hydroxylation is 1. The van der Waals surface area contributed by atoms with Crippen LogP contribution in [0.1, 0.15) is 5.69 Å². The molecule has 0 aliphatic carbocycles. The highest BCUT2D eigenvalue weighted by molar-refractivity contribution is 7.95. The Morgan fingerprint density at radius 3 is 2.27 bits per heavy atom. The van der Waals surface area contributed by atoms with Crippen molar-refractivity contribution in [3.8, 4) is 5.69 Å². The van der Waals surface area contributed by atoms with E-state index in [1.165, 1.54) is 16.6 Å². The molecule has 0 spiro atoms. The van der Waals surface area contributed by atoms with Crippen LogP contribution >= 0.6 is 11.3 Å². The van der Waals surface area contributed by atoms with E-state index >= 15 is 0 Å². The summed E-state index contributed by atoms with van der Waals surface area (Å²) in [7, 11) is -4.01. The highest BCUT2D eigenvalue weighted by atomic mass is 32.2. The smallest absolute Gasteiger partial charge is 0.279 e. The molecule has 0 aliphatic heterocycles. The number of rotatable bonds is 5. The summed E-state index contributed by atoms with van der Waals surface area (Å²) in [5.41, 5.74) is 2.15. The van der Waals surface area contributed by atoms with Crippen molar-refractivity contribution in [3.63, 3.8) is 0 Å². The van der Waals surface area contributed by atoms with Crippen molar-refractivity contribution >= 4 is 43.8 Å². The van der Waals surface area contributed by atoms with E-state index < -0.39 is 10.0 Å². The zero-order valence-electron chi connectivity index (χ0n) is 17.6. The normalized spacial score (nSPS) is 11.5. The molecular formula is C25H19N3O3S2. The van der Waals surface area contributed by atoms with Crippen molar-refractivity contribution in [1.82, 2.24) is 9.55 Å². The van der Waals surface area contributed by atoms with Gasteiger partial charge in [-0.15, -0.1) is 11.3 Å². The number of sulfonamides is 1. The Hall–Kier alpha value is -3.75. The van der Waals surface area contributed by atoms with Crippen molar-refractivity contribution in [2.45, 2.75) is 11.1 Å². The third-order valence-corrected chi connectivity index (χ3v) is 8.32. The molecule has 0 amide bonds. The first-order valence-corrected chi connectivity index (χ1v) is 12.5. The minimum Gasteiger partial charge on any atom is -0.295 e. The van der Waals surface area contributed by atoms with Crippen LogP contribution in [0.25, 0.3) is 16.6 Å². The molecule has 5 aromatic rings. The molecule has 0 fully saturated rings. The van der Waals surface area contributed by atoms with Gasteiger partial charge in [0.15, 0.2) is 5.43 Å². The first-order chi connectivity index (χ1) is 16.0. The van der Waals surface area contributed by atoms with E-state index in [4.69, 9.17) is 0 Å². The summed E-state index contributed by atoms with van der Waals surface area (Å²) in [6.07, 6.45) is 1.54. The van der Waals surface area contributed by atoms with Gasteiger partial charge in [-0.25, -0.2) is 4.31 Å². The highest BCUT2D eigenvalue weighted by Crippen LogP contribution is 2.36. The summed E-state index contributed by atoms with van der Waals surface area (Å²) in [4.78, 5) is 17.5. The standard InChI is InChI=1S/C25H19N3O3S2/c1-18-15-22-21(17-26-18)23(29)16-24(27(22)19-9-4-2-5-10-19)28(20-11-6-3-7-12-20)33(30,31)25-13-8-14-32-25/h2-17H,1H3. The van der Waals surface area contributed by atoms with Gasteiger partial charge in [-0.05, 0) is 48.7 Å². The fourth-order valence-electron chi connectivity index (χ4n) is 3.76. The number of hydrogen-bond donors (Lipinski definition) is 0. The SMILES string of the molecule is Cc1cc2c(cn1)c(=O)cc(N(c1ccccc1)S(=O)(=O)c1cccs1)n2-c1ccccc1. The van der Waals surface area contributed by atoms with E-state index in [-0.39, 0.29) is 15.5 Å². The second-order valence-corrected chi connectivity index (χ2v) is 10.4. The second-order valence-electron chi connectivity index (χ2n) is 7.42. The fourth-order valence-corrected chi connectivity index (χ4v) is 6.29. The molecule has 8 heteroatoms. The van der Waals surface area contributed by atoms with Gasteiger partial charge >= 0.3 is 0 Å². The molecule has 0 atom stereocenters. The number of benzene rings is 2. The molecule has 5 rings (SSSR count). The lowest BCUT2D eigenvalue weighted by atomic mass is 10.2. The Labute approximate surface area is 195 Å². The molecule has 0 N–H and O–H groups in total. The van der Waals surface area contributed by atoms with Gasteiger partial charge in [0, 0.05) is 23.6 Å². The predicted molar refractivity (Wildman–Crippen MR) is 132 cm³/mol. The molecule has 2 aromatic carbocycles. The average Bonchev–Trinajstić information content (AvgIpc) is 3.36. The lowest BCUT2D eigenvalue weighted by Gasteiger charge is -2.28. The molecule has 0 aliphatic rings. The van der Waals surface area contributed by atoms with Crippen molar-refractivity contribution in [2.75, 3.05) is 4.31 Å². The van der Waals surface area contributed by atoms with Gasteiger partial charge in [0.25, 0.3) is 10.0 Å².